The van der Waals surface area contributed by atoms with Crippen molar-refractivity contribution in [2.24, 2.45) is 0 Å². The number of nitrogens with one attached hydrogen (secondary N) is 1. The molecule has 1 N–H and O–H groups in total. The summed E-state index contributed by atoms with van der Waals surface area (Å²) < 4.78 is 7.38. The largest absolute Gasteiger partial charge is 0.468 e. The number of aromatic nitrogens is 2. The number of likely N-dealkylation sites (N-methyl/N-ethyl adjacent to an activating group) is 1. The van der Waals surface area contributed by atoms with Crippen LogP contribution in [0, 0.1) is 0 Å². The molecule has 0 aliphatic heterocycles. The topological polar surface area (TPSA) is 56.2 Å². The van der Waals surface area contributed by atoms with Gasteiger partial charge in [0.05, 0.1) is 24.3 Å². The van der Waals surface area contributed by atoms with Gasteiger partial charge in [-0.3, -0.25) is 4.68 Å². The molecule has 0 aliphatic rings. The van der Waals surface area contributed by atoms with E-state index in [1.807, 2.05) is 13.1 Å². The molecule has 16 heavy (non-hydrogen) atoms. The second kappa shape index (κ2) is 5.45. The molecular weight excluding hydrogens is 274 g/mol. The molecule has 0 radical (unpaired) electrons. The minimum Gasteiger partial charge on any atom is -0.468 e. The molecule has 0 bridgehead atoms. The Kier molecular flexibility index (Phi) is 4.49. The predicted octanol–water partition coefficient (Wildman–Crippen LogP) is 1.19. The van der Waals surface area contributed by atoms with E-state index >= 15 is 0 Å². The first-order chi connectivity index (χ1) is 7.51. The molecule has 5 nitrogen and oxygen atoms in total. The Bertz CT molecular complexity index is 367. The van der Waals surface area contributed by atoms with Gasteiger partial charge in [0.2, 0.25) is 0 Å². The third kappa shape index (κ3) is 3.05. The maximum Gasteiger partial charge on any atom is 0.327 e. The monoisotopic (exact) mass is 289 g/mol. The molecule has 0 saturated carbocycles. The predicted molar refractivity (Wildman–Crippen MR) is 64.0 cm³/mol. The lowest BCUT2D eigenvalue weighted by Crippen LogP contribution is -2.53. The first-order valence-corrected chi connectivity index (χ1v) is 5.82. The minimum atomic E-state index is -0.755. The summed E-state index contributed by atoms with van der Waals surface area (Å²) in [6.45, 7) is 4.87. The minimum absolute atomic E-state index is 0.291. The standard InChI is InChI=1S/C10H16BrN3O2/c1-4-12-10(2,9(15)16-3)7-14-6-8(11)5-13-14/h5-6,12H,4,7H2,1-3H3. The van der Waals surface area contributed by atoms with Gasteiger partial charge in [0, 0.05) is 6.20 Å². The highest BCUT2D eigenvalue weighted by Gasteiger charge is 2.34. The molecule has 0 fully saturated rings. The quantitative estimate of drug-likeness (QED) is 0.828. The van der Waals surface area contributed by atoms with Crippen molar-refractivity contribution in [3.63, 3.8) is 0 Å². The Morgan fingerprint density at radius 1 is 1.75 bits per heavy atom. The number of hydrogen-bond acceptors (Lipinski definition) is 4. The molecule has 1 unspecified atom stereocenters. The van der Waals surface area contributed by atoms with Gasteiger partial charge in [-0.25, -0.2) is 4.79 Å². The molecule has 1 heterocycles. The van der Waals surface area contributed by atoms with E-state index in [1.165, 1.54) is 7.11 Å². The molecule has 0 aliphatic carbocycles. The van der Waals surface area contributed by atoms with Gasteiger partial charge in [0.15, 0.2) is 0 Å². The summed E-state index contributed by atoms with van der Waals surface area (Å²) in [6.07, 6.45) is 3.50. The van der Waals surface area contributed by atoms with Crippen LogP contribution < -0.4 is 5.32 Å². The fourth-order valence-electron chi connectivity index (χ4n) is 1.56. The van der Waals surface area contributed by atoms with Gasteiger partial charge in [-0.05, 0) is 29.4 Å². The average molecular weight is 290 g/mol. The number of carbonyl (C=O) groups excluding carboxylic acids is 1. The first kappa shape index (κ1) is 13.2. The van der Waals surface area contributed by atoms with Crippen LogP contribution in [0.3, 0.4) is 0 Å². The van der Waals surface area contributed by atoms with Gasteiger partial charge < -0.3 is 10.1 Å². The van der Waals surface area contributed by atoms with Gasteiger partial charge in [-0.15, -0.1) is 0 Å². The third-order valence-electron chi connectivity index (χ3n) is 2.28. The zero-order chi connectivity index (χ0) is 12.2. The molecule has 0 spiro atoms. The second-order valence-electron chi connectivity index (χ2n) is 3.71. The van der Waals surface area contributed by atoms with Crippen molar-refractivity contribution in [3.8, 4) is 0 Å². The zero-order valence-electron chi connectivity index (χ0n) is 9.66. The van der Waals surface area contributed by atoms with Crippen LogP contribution in [0.2, 0.25) is 0 Å². The van der Waals surface area contributed by atoms with E-state index in [9.17, 15) is 4.79 Å². The number of carbonyl (C=O) groups is 1. The third-order valence-corrected chi connectivity index (χ3v) is 2.69. The average Bonchev–Trinajstić information content (AvgIpc) is 2.62. The molecule has 0 saturated heterocycles. The van der Waals surface area contributed by atoms with Crippen molar-refractivity contribution < 1.29 is 9.53 Å². The molecule has 1 aromatic heterocycles. The lowest BCUT2D eigenvalue weighted by atomic mass is 10.0. The highest BCUT2D eigenvalue weighted by atomic mass is 79.9. The highest BCUT2D eigenvalue weighted by molar-refractivity contribution is 9.10. The fraction of sp³-hybridized carbons (Fsp3) is 0.600. The normalized spacial score (nSPS) is 14.5. The van der Waals surface area contributed by atoms with Gasteiger partial charge in [0.25, 0.3) is 0 Å². The Hall–Kier alpha value is -0.880. The lowest BCUT2D eigenvalue weighted by molar-refractivity contribution is -0.148. The van der Waals surface area contributed by atoms with Crippen LogP contribution in [0.15, 0.2) is 16.9 Å². The van der Waals surface area contributed by atoms with Crippen molar-refractivity contribution in [2.75, 3.05) is 13.7 Å². The summed E-state index contributed by atoms with van der Waals surface area (Å²) in [5.74, 6) is -0.291. The summed E-state index contributed by atoms with van der Waals surface area (Å²) in [5, 5.41) is 7.24. The van der Waals surface area contributed by atoms with E-state index in [-0.39, 0.29) is 5.97 Å². The van der Waals surface area contributed by atoms with Crippen LogP contribution in [-0.2, 0) is 16.1 Å². The molecule has 1 atom stereocenters. The number of rotatable bonds is 5. The highest BCUT2D eigenvalue weighted by Crippen LogP contribution is 2.12. The summed E-state index contributed by atoms with van der Waals surface area (Å²) in [5.41, 5.74) is -0.755. The Balaban J connectivity index is 2.82. The van der Waals surface area contributed by atoms with E-state index in [4.69, 9.17) is 4.74 Å². The van der Waals surface area contributed by atoms with Crippen molar-refractivity contribution in [1.82, 2.24) is 15.1 Å². The lowest BCUT2D eigenvalue weighted by Gasteiger charge is -2.27. The summed E-state index contributed by atoms with van der Waals surface area (Å²) >= 11 is 3.31. The van der Waals surface area contributed by atoms with E-state index in [2.05, 4.69) is 26.3 Å². The second-order valence-corrected chi connectivity index (χ2v) is 4.63. The molecular formula is C10H16BrN3O2. The number of nitrogens with zero attached hydrogens (tertiary/aromatic N) is 2. The number of methoxy groups -OCH3 is 1. The van der Waals surface area contributed by atoms with Gasteiger partial charge in [-0.1, -0.05) is 6.92 Å². The number of ether oxygens (including phenoxy) is 1. The zero-order valence-corrected chi connectivity index (χ0v) is 11.2. The van der Waals surface area contributed by atoms with Crippen LogP contribution in [0.1, 0.15) is 13.8 Å². The summed E-state index contributed by atoms with van der Waals surface area (Å²) in [7, 11) is 1.39. The SMILES string of the molecule is CCNC(C)(Cn1cc(Br)cn1)C(=O)OC. The van der Waals surface area contributed by atoms with Crippen LogP contribution in [0.5, 0.6) is 0 Å². The van der Waals surface area contributed by atoms with Crippen molar-refractivity contribution in [3.05, 3.63) is 16.9 Å². The molecule has 1 rings (SSSR count). The molecule has 0 aromatic carbocycles. The fourth-order valence-corrected chi connectivity index (χ4v) is 1.88. The maximum absolute atomic E-state index is 11.7. The van der Waals surface area contributed by atoms with Gasteiger partial charge >= 0.3 is 5.97 Å². The summed E-state index contributed by atoms with van der Waals surface area (Å²) in [6, 6.07) is 0. The van der Waals surface area contributed by atoms with E-state index in [0.29, 0.717) is 13.1 Å². The van der Waals surface area contributed by atoms with E-state index < -0.39 is 5.54 Å². The Morgan fingerprint density at radius 2 is 2.44 bits per heavy atom. The smallest absolute Gasteiger partial charge is 0.327 e. The summed E-state index contributed by atoms with van der Waals surface area (Å²) in [4.78, 5) is 11.7. The van der Waals surface area contributed by atoms with Gasteiger partial charge in [0.1, 0.15) is 5.54 Å². The molecule has 6 heteroatoms. The Morgan fingerprint density at radius 3 is 2.88 bits per heavy atom. The van der Waals surface area contributed by atoms with Gasteiger partial charge in [-0.2, -0.15) is 5.10 Å². The van der Waals surface area contributed by atoms with Crippen LogP contribution in [-0.4, -0.2) is 34.9 Å². The van der Waals surface area contributed by atoms with Crippen LogP contribution >= 0.6 is 15.9 Å². The van der Waals surface area contributed by atoms with E-state index in [0.717, 1.165) is 4.47 Å². The Labute approximate surface area is 103 Å². The maximum atomic E-state index is 11.7. The molecule has 0 amide bonds. The first-order valence-electron chi connectivity index (χ1n) is 5.03. The number of esters is 1. The number of hydrogen-bond donors (Lipinski definition) is 1. The van der Waals surface area contributed by atoms with Crippen LogP contribution in [0.4, 0.5) is 0 Å². The van der Waals surface area contributed by atoms with Crippen molar-refractivity contribution in [2.45, 2.75) is 25.9 Å². The van der Waals surface area contributed by atoms with Crippen molar-refractivity contribution >= 4 is 21.9 Å². The van der Waals surface area contributed by atoms with E-state index in [1.54, 1.807) is 17.8 Å². The molecule has 1 aromatic rings. The molecule has 90 valence electrons. The number of halogens is 1. The van der Waals surface area contributed by atoms with Crippen molar-refractivity contribution in [1.29, 1.82) is 0 Å². The van der Waals surface area contributed by atoms with Crippen LogP contribution in [0.25, 0.3) is 0 Å².